The normalized spacial score (nSPS) is 15.5. The van der Waals surface area contributed by atoms with Gasteiger partial charge in [0.2, 0.25) is 0 Å². The molecule has 3 aromatic rings. The highest BCUT2D eigenvalue weighted by atomic mass is 32.1. The molecule has 0 spiro atoms. The average molecular weight is 410 g/mol. The maximum atomic E-state index is 12.4. The van der Waals surface area contributed by atoms with E-state index in [2.05, 4.69) is 39.6 Å². The molecule has 0 radical (unpaired) electrons. The number of aromatic amines is 1. The van der Waals surface area contributed by atoms with Gasteiger partial charge in [-0.15, -0.1) is 0 Å². The standard InChI is InChI=1S/C22H27N5OS/c1-16-6-8-17(9-7-16)24-21(29)23-12-15-26-13-10-18(11-14-26)27-20-5-3-2-4-19(20)25-22(27)28/h2-9,18H,10-15H2,1H3,(H,25,28)(H2,23,24,29). The first-order valence-corrected chi connectivity index (χ1v) is 10.5. The van der Waals surface area contributed by atoms with Crippen LogP contribution in [-0.4, -0.2) is 45.7 Å². The van der Waals surface area contributed by atoms with Crippen LogP contribution in [0, 0.1) is 6.92 Å². The van der Waals surface area contributed by atoms with E-state index in [1.54, 1.807) is 0 Å². The van der Waals surface area contributed by atoms with Gasteiger partial charge in [0, 0.05) is 37.9 Å². The molecule has 0 aliphatic carbocycles. The first-order chi connectivity index (χ1) is 14.1. The maximum absolute atomic E-state index is 12.4. The largest absolute Gasteiger partial charge is 0.361 e. The molecule has 7 heteroatoms. The van der Waals surface area contributed by atoms with E-state index < -0.39 is 0 Å². The van der Waals surface area contributed by atoms with Crippen LogP contribution < -0.4 is 16.3 Å². The van der Waals surface area contributed by atoms with E-state index in [4.69, 9.17) is 12.2 Å². The van der Waals surface area contributed by atoms with Crippen molar-refractivity contribution in [3.8, 4) is 0 Å². The van der Waals surface area contributed by atoms with Gasteiger partial charge in [0.15, 0.2) is 5.11 Å². The molecular weight excluding hydrogens is 382 g/mol. The predicted molar refractivity (Wildman–Crippen MR) is 123 cm³/mol. The smallest absolute Gasteiger partial charge is 0.326 e. The Kier molecular flexibility index (Phi) is 5.97. The van der Waals surface area contributed by atoms with Gasteiger partial charge in [-0.25, -0.2) is 4.79 Å². The molecule has 1 aromatic heterocycles. The number of nitrogens with zero attached hydrogens (tertiary/aromatic N) is 2. The van der Waals surface area contributed by atoms with Crippen LogP contribution in [-0.2, 0) is 0 Å². The van der Waals surface area contributed by atoms with Gasteiger partial charge in [-0.2, -0.15) is 0 Å². The van der Waals surface area contributed by atoms with E-state index in [-0.39, 0.29) is 11.7 Å². The molecule has 4 rings (SSSR count). The molecule has 0 bridgehead atoms. The molecule has 152 valence electrons. The first-order valence-electron chi connectivity index (χ1n) is 10.1. The van der Waals surface area contributed by atoms with E-state index in [0.29, 0.717) is 5.11 Å². The number of anilines is 1. The minimum absolute atomic E-state index is 0.00107. The Morgan fingerprint density at radius 2 is 1.86 bits per heavy atom. The van der Waals surface area contributed by atoms with Gasteiger partial charge in [0.1, 0.15) is 0 Å². The number of aromatic nitrogens is 2. The minimum Gasteiger partial charge on any atom is -0.361 e. The molecule has 0 atom stereocenters. The molecule has 29 heavy (non-hydrogen) atoms. The molecule has 3 N–H and O–H groups in total. The summed E-state index contributed by atoms with van der Waals surface area (Å²) in [7, 11) is 0. The Balaban J connectivity index is 1.24. The van der Waals surface area contributed by atoms with Crippen molar-refractivity contribution in [1.82, 2.24) is 19.8 Å². The highest BCUT2D eigenvalue weighted by molar-refractivity contribution is 7.80. The molecule has 6 nitrogen and oxygen atoms in total. The van der Waals surface area contributed by atoms with E-state index >= 15 is 0 Å². The van der Waals surface area contributed by atoms with Crippen LogP contribution in [0.3, 0.4) is 0 Å². The number of hydrogen-bond donors (Lipinski definition) is 3. The lowest BCUT2D eigenvalue weighted by molar-refractivity contribution is 0.189. The molecule has 2 heterocycles. The molecule has 2 aromatic carbocycles. The lowest BCUT2D eigenvalue weighted by Crippen LogP contribution is -2.41. The van der Waals surface area contributed by atoms with E-state index in [0.717, 1.165) is 55.7 Å². The van der Waals surface area contributed by atoms with Crippen LogP contribution in [0.1, 0.15) is 24.4 Å². The summed E-state index contributed by atoms with van der Waals surface area (Å²) in [5.41, 5.74) is 4.15. The van der Waals surface area contributed by atoms with Crippen LogP contribution in [0.5, 0.6) is 0 Å². The molecule has 0 unspecified atom stereocenters. The zero-order valence-electron chi connectivity index (χ0n) is 16.6. The first kappa shape index (κ1) is 19.7. The summed E-state index contributed by atoms with van der Waals surface area (Å²) in [5.74, 6) is 0. The quantitative estimate of drug-likeness (QED) is 0.565. The topological polar surface area (TPSA) is 65.1 Å². The van der Waals surface area contributed by atoms with Crippen LogP contribution in [0.25, 0.3) is 11.0 Å². The number of fused-ring (bicyclic) bond motifs is 1. The Bertz CT molecular complexity index is 1030. The van der Waals surface area contributed by atoms with Gasteiger partial charge in [0.05, 0.1) is 11.0 Å². The summed E-state index contributed by atoms with van der Waals surface area (Å²) in [6.45, 7) is 5.77. The van der Waals surface area contributed by atoms with E-state index in [1.165, 1.54) is 5.56 Å². The monoisotopic (exact) mass is 409 g/mol. The van der Waals surface area contributed by atoms with Crippen molar-refractivity contribution in [2.75, 3.05) is 31.5 Å². The van der Waals surface area contributed by atoms with Crippen molar-refractivity contribution in [3.63, 3.8) is 0 Å². The van der Waals surface area contributed by atoms with Gasteiger partial charge in [-0.3, -0.25) is 4.57 Å². The number of H-pyrrole nitrogens is 1. The highest BCUT2D eigenvalue weighted by Gasteiger charge is 2.23. The number of nitrogens with one attached hydrogen (secondary N) is 3. The zero-order valence-corrected chi connectivity index (χ0v) is 17.5. The number of rotatable bonds is 5. The number of imidazole rings is 1. The van der Waals surface area contributed by atoms with Gasteiger partial charge in [0.25, 0.3) is 0 Å². The van der Waals surface area contributed by atoms with Crippen LogP contribution >= 0.6 is 12.2 Å². The summed E-state index contributed by atoms with van der Waals surface area (Å²) < 4.78 is 1.94. The predicted octanol–water partition coefficient (Wildman–Crippen LogP) is 3.26. The summed E-state index contributed by atoms with van der Waals surface area (Å²) in [4.78, 5) is 17.8. The Hall–Kier alpha value is -2.64. The lowest BCUT2D eigenvalue weighted by atomic mass is 10.0. The number of aryl methyl sites for hydroxylation is 1. The van der Waals surface area contributed by atoms with Gasteiger partial charge in [-0.05, 0) is 56.2 Å². The molecule has 1 aliphatic rings. The zero-order chi connectivity index (χ0) is 20.2. The van der Waals surface area contributed by atoms with Crippen molar-refractivity contribution in [2.24, 2.45) is 0 Å². The molecule has 0 amide bonds. The summed E-state index contributed by atoms with van der Waals surface area (Å²) >= 11 is 5.39. The van der Waals surface area contributed by atoms with Crippen molar-refractivity contribution in [1.29, 1.82) is 0 Å². The van der Waals surface area contributed by atoms with E-state index in [9.17, 15) is 4.79 Å². The number of piperidine rings is 1. The maximum Gasteiger partial charge on any atom is 0.326 e. The molecule has 0 saturated carbocycles. The Morgan fingerprint density at radius 3 is 2.62 bits per heavy atom. The fourth-order valence-corrected chi connectivity index (χ4v) is 4.20. The van der Waals surface area contributed by atoms with Crippen molar-refractivity contribution in [2.45, 2.75) is 25.8 Å². The van der Waals surface area contributed by atoms with Gasteiger partial charge >= 0.3 is 5.69 Å². The van der Waals surface area contributed by atoms with Crippen LogP contribution in [0.15, 0.2) is 53.3 Å². The second-order valence-corrected chi connectivity index (χ2v) is 8.05. The summed E-state index contributed by atoms with van der Waals surface area (Å²) in [5, 5.41) is 7.15. The average Bonchev–Trinajstić information content (AvgIpc) is 3.06. The van der Waals surface area contributed by atoms with Crippen molar-refractivity contribution >= 4 is 34.1 Å². The third kappa shape index (κ3) is 4.68. The molecule has 1 aliphatic heterocycles. The second kappa shape index (κ2) is 8.80. The van der Waals surface area contributed by atoms with E-state index in [1.807, 2.05) is 41.0 Å². The van der Waals surface area contributed by atoms with Gasteiger partial charge < -0.3 is 20.5 Å². The fraction of sp³-hybridized carbons (Fsp3) is 0.364. The van der Waals surface area contributed by atoms with Crippen molar-refractivity contribution < 1.29 is 0 Å². The Labute approximate surface area is 175 Å². The second-order valence-electron chi connectivity index (χ2n) is 7.64. The third-order valence-corrected chi connectivity index (χ3v) is 5.82. The molecule has 1 saturated heterocycles. The number of benzene rings is 2. The number of hydrogen-bond acceptors (Lipinski definition) is 3. The highest BCUT2D eigenvalue weighted by Crippen LogP contribution is 2.24. The van der Waals surface area contributed by atoms with Crippen LogP contribution in [0.4, 0.5) is 5.69 Å². The van der Waals surface area contributed by atoms with Gasteiger partial charge in [-0.1, -0.05) is 29.8 Å². The van der Waals surface area contributed by atoms with Crippen LogP contribution in [0.2, 0.25) is 0 Å². The lowest BCUT2D eigenvalue weighted by Gasteiger charge is -2.32. The molecule has 1 fully saturated rings. The minimum atomic E-state index is -0.00107. The number of thiocarbonyl (C=S) groups is 1. The summed E-state index contributed by atoms with van der Waals surface area (Å²) in [6.07, 6.45) is 1.96. The number of likely N-dealkylation sites (tertiary alicyclic amines) is 1. The fourth-order valence-electron chi connectivity index (χ4n) is 3.98. The summed E-state index contributed by atoms with van der Waals surface area (Å²) in [6, 6.07) is 16.4. The molecular formula is C22H27N5OS. The third-order valence-electron chi connectivity index (χ3n) is 5.57. The SMILES string of the molecule is Cc1ccc(NC(=S)NCCN2CCC(n3c(=O)[nH]c4ccccc43)CC2)cc1. The number of para-hydroxylation sites is 2. The Morgan fingerprint density at radius 1 is 1.14 bits per heavy atom. The van der Waals surface area contributed by atoms with Crippen molar-refractivity contribution in [3.05, 3.63) is 64.6 Å².